The van der Waals surface area contributed by atoms with Crippen molar-refractivity contribution in [2.75, 3.05) is 0 Å². The van der Waals surface area contributed by atoms with Crippen molar-refractivity contribution < 1.29 is 9.59 Å². The van der Waals surface area contributed by atoms with E-state index >= 15 is 0 Å². The average Bonchev–Trinajstić information content (AvgIpc) is 2.87. The lowest BCUT2D eigenvalue weighted by Gasteiger charge is -2.33. The number of aromatic nitrogens is 3. The maximum absolute atomic E-state index is 12.5. The lowest BCUT2D eigenvalue weighted by Crippen LogP contribution is -2.50. The zero-order chi connectivity index (χ0) is 18.7. The molecule has 1 fully saturated rings. The number of rotatable bonds is 5. The van der Waals surface area contributed by atoms with E-state index in [9.17, 15) is 9.59 Å². The fourth-order valence-electron chi connectivity index (χ4n) is 3.53. The number of nitrogens with zero attached hydrogens (tertiary/aromatic N) is 3. The second-order valence-electron chi connectivity index (χ2n) is 6.82. The van der Waals surface area contributed by atoms with Gasteiger partial charge in [0, 0.05) is 38.0 Å². The molecular formula is C19H25N5O2. The van der Waals surface area contributed by atoms with Crippen LogP contribution in [-0.2, 0) is 23.1 Å². The van der Waals surface area contributed by atoms with E-state index in [2.05, 4.69) is 20.7 Å². The number of hydrogen-bond donors (Lipinski definition) is 2. The topological polar surface area (TPSA) is 88.9 Å². The molecule has 0 spiro atoms. The summed E-state index contributed by atoms with van der Waals surface area (Å²) < 4.78 is 1.84. The third kappa shape index (κ3) is 3.92. The molecule has 0 unspecified atom stereocenters. The van der Waals surface area contributed by atoms with Crippen molar-refractivity contribution in [1.29, 1.82) is 0 Å². The molecule has 0 bridgehead atoms. The van der Waals surface area contributed by atoms with E-state index in [0.717, 1.165) is 22.5 Å². The molecule has 2 amide bonds. The van der Waals surface area contributed by atoms with Gasteiger partial charge in [-0.3, -0.25) is 19.3 Å². The maximum atomic E-state index is 12.5. The van der Waals surface area contributed by atoms with Gasteiger partial charge in [-0.2, -0.15) is 5.10 Å². The number of nitrogens with one attached hydrogen (secondary N) is 2. The van der Waals surface area contributed by atoms with Crippen LogP contribution in [0.3, 0.4) is 0 Å². The van der Waals surface area contributed by atoms with Gasteiger partial charge in [-0.15, -0.1) is 0 Å². The molecule has 0 aliphatic carbocycles. The molecule has 0 radical (unpaired) electrons. The molecule has 0 saturated carbocycles. The van der Waals surface area contributed by atoms with Gasteiger partial charge in [-0.1, -0.05) is 6.07 Å². The van der Waals surface area contributed by atoms with Crippen molar-refractivity contribution in [2.45, 2.75) is 51.6 Å². The van der Waals surface area contributed by atoms with Crippen LogP contribution in [0.1, 0.15) is 47.8 Å². The fourth-order valence-corrected chi connectivity index (χ4v) is 3.53. The van der Waals surface area contributed by atoms with Gasteiger partial charge < -0.3 is 10.6 Å². The first-order valence-corrected chi connectivity index (χ1v) is 8.93. The van der Waals surface area contributed by atoms with E-state index in [1.165, 1.54) is 0 Å². The molecule has 3 rings (SSSR count). The van der Waals surface area contributed by atoms with Crippen LogP contribution in [0.25, 0.3) is 0 Å². The number of amides is 2. The molecule has 1 aliphatic heterocycles. The van der Waals surface area contributed by atoms with Crippen LogP contribution in [0.2, 0.25) is 0 Å². The first-order valence-electron chi connectivity index (χ1n) is 8.93. The summed E-state index contributed by atoms with van der Waals surface area (Å²) in [6.45, 7) is 3.98. The quantitative estimate of drug-likeness (QED) is 0.851. The van der Waals surface area contributed by atoms with E-state index in [1.807, 2.05) is 37.7 Å². The summed E-state index contributed by atoms with van der Waals surface area (Å²) in [5, 5.41) is 10.5. The Bertz CT molecular complexity index is 800. The largest absolute Gasteiger partial charge is 0.351 e. The highest BCUT2D eigenvalue weighted by Crippen LogP contribution is 2.24. The molecule has 26 heavy (non-hydrogen) atoms. The average molecular weight is 355 g/mol. The first-order chi connectivity index (χ1) is 12.5. The zero-order valence-corrected chi connectivity index (χ0v) is 15.5. The van der Waals surface area contributed by atoms with Gasteiger partial charge in [-0.05, 0) is 43.9 Å². The number of pyridine rings is 1. The minimum absolute atomic E-state index is 0.00552. The second kappa shape index (κ2) is 7.68. The SMILES string of the molecule is Cc1nn(C)c(C)c1CCC(=O)N[C@H]1CCC(=O)N[C@H]1c1cccnc1. The van der Waals surface area contributed by atoms with E-state index in [1.54, 1.807) is 12.4 Å². The fraction of sp³-hybridized carbons (Fsp3) is 0.474. The molecule has 2 N–H and O–H groups in total. The van der Waals surface area contributed by atoms with Crippen molar-refractivity contribution in [3.05, 3.63) is 47.0 Å². The molecule has 7 heteroatoms. The van der Waals surface area contributed by atoms with Crippen LogP contribution in [0, 0.1) is 13.8 Å². The zero-order valence-electron chi connectivity index (χ0n) is 15.5. The van der Waals surface area contributed by atoms with Crippen LogP contribution in [0.5, 0.6) is 0 Å². The highest BCUT2D eigenvalue weighted by Gasteiger charge is 2.31. The van der Waals surface area contributed by atoms with E-state index in [-0.39, 0.29) is 23.9 Å². The number of piperidine rings is 1. The molecule has 2 atom stereocenters. The van der Waals surface area contributed by atoms with Crippen molar-refractivity contribution in [3.8, 4) is 0 Å². The normalized spacial score (nSPS) is 19.9. The van der Waals surface area contributed by atoms with Gasteiger partial charge in [0.1, 0.15) is 0 Å². The molecule has 0 aromatic carbocycles. The lowest BCUT2D eigenvalue weighted by molar-refractivity contribution is -0.127. The van der Waals surface area contributed by atoms with Crippen molar-refractivity contribution in [1.82, 2.24) is 25.4 Å². The van der Waals surface area contributed by atoms with Gasteiger partial charge in [0.15, 0.2) is 0 Å². The van der Waals surface area contributed by atoms with Crippen molar-refractivity contribution >= 4 is 11.8 Å². The monoisotopic (exact) mass is 355 g/mol. The van der Waals surface area contributed by atoms with Gasteiger partial charge >= 0.3 is 0 Å². The van der Waals surface area contributed by atoms with Crippen LogP contribution in [0.15, 0.2) is 24.5 Å². The Labute approximate surface area is 153 Å². The Balaban J connectivity index is 1.64. The van der Waals surface area contributed by atoms with E-state index in [4.69, 9.17) is 0 Å². The Hall–Kier alpha value is -2.70. The second-order valence-corrected chi connectivity index (χ2v) is 6.82. The Morgan fingerprint density at radius 3 is 2.88 bits per heavy atom. The Kier molecular flexibility index (Phi) is 5.35. The summed E-state index contributed by atoms with van der Waals surface area (Å²) in [7, 11) is 1.91. The summed E-state index contributed by atoms with van der Waals surface area (Å²) in [6, 6.07) is 3.39. The van der Waals surface area contributed by atoms with Gasteiger partial charge in [-0.25, -0.2) is 0 Å². The summed E-state index contributed by atoms with van der Waals surface area (Å²) in [5.74, 6) is -0.00588. The summed E-state index contributed by atoms with van der Waals surface area (Å²) in [5.41, 5.74) is 4.10. The van der Waals surface area contributed by atoms with Crippen molar-refractivity contribution in [2.24, 2.45) is 7.05 Å². The molecule has 1 aliphatic rings. The number of hydrogen-bond acceptors (Lipinski definition) is 4. The predicted octanol–water partition coefficient (Wildman–Crippen LogP) is 1.50. The molecular weight excluding hydrogens is 330 g/mol. The molecule has 3 heterocycles. The maximum Gasteiger partial charge on any atom is 0.220 e. The number of carbonyl (C=O) groups excluding carboxylic acids is 2. The van der Waals surface area contributed by atoms with Crippen LogP contribution >= 0.6 is 0 Å². The minimum atomic E-state index is -0.240. The summed E-state index contributed by atoms with van der Waals surface area (Å²) in [4.78, 5) is 28.4. The van der Waals surface area contributed by atoms with Gasteiger partial charge in [0.05, 0.1) is 17.8 Å². The molecule has 2 aromatic rings. The first kappa shape index (κ1) is 18.1. The Morgan fingerprint density at radius 1 is 1.42 bits per heavy atom. The smallest absolute Gasteiger partial charge is 0.220 e. The van der Waals surface area contributed by atoms with E-state index < -0.39 is 0 Å². The van der Waals surface area contributed by atoms with E-state index in [0.29, 0.717) is 25.7 Å². The van der Waals surface area contributed by atoms with Crippen LogP contribution in [0.4, 0.5) is 0 Å². The third-order valence-electron chi connectivity index (χ3n) is 5.05. The summed E-state index contributed by atoms with van der Waals surface area (Å²) in [6.07, 6.45) is 5.54. The highest BCUT2D eigenvalue weighted by molar-refractivity contribution is 5.79. The number of aryl methyl sites for hydroxylation is 2. The molecule has 7 nitrogen and oxygen atoms in total. The predicted molar refractivity (Wildman–Crippen MR) is 97.3 cm³/mol. The Morgan fingerprint density at radius 2 is 2.23 bits per heavy atom. The standard InChI is InChI=1S/C19H25N5O2/c1-12-15(13(2)24(3)23-12)6-8-17(25)21-16-7-9-18(26)22-19(16)14-5-4-10-20-11-14/h4-5,10-11,16,19H,6-9H2,1-3H3,(H,21,25)(H,22,26)/t16-,19-/m0/s1. The van der Waals surface area contributed by atoms with Crippen LogP contribution in [-0.4, -0.2) is 32.6 Å². The molecule has 1 saturated heterocycles. The third-order valence-corrected chi connectivity index (χ3v) is 5.05. The molecule has 2 aromatic heterocycles. The molecule has 138 valence electrons. The van der Waals surface area contributed by atoms with Gasteiger partial charge in [0.2, 0.25) is 11.8 Å². The van der Waals surface area contributed by atoms with Crippen LogP contribution < -0.4 is 10.6 Å². The minimum Gasteiger partial charge on any atom is -0.351 e. The van der Waals surface area contributed by atoms with Gasteiger partial charge in [0.25, 0.3) is 0 Å². The number of carbonyl (C=O) groups is 2. The lowest BCUT2D eigenvalue weighted by atomic mass is 9.92. The highest BCUT2D eigenvalue weighted by atomic mass is 16.2. The summed E-state index contributed by atoms with van der Waals surface area (Å²) >= 11 is 0. The van der Waals surface area contributed by atoms with Crippen molar-refractivity contribution in [3.63, 3.8) is 0 Å².